The van der Waals surface area contributed by atoms with E-state index in [1.54, 1.807) is 59.5 Å². The van der Waals surface area contributed by atoms with Crippen molar-refractivity contribution in [2.75, 3.05) is 20.2 Å². The van der Waals surface area contributed by atoms with Crippen LogP contribution in [0.2, 0.25) is 0 Å². The molecule has 1 spiro atoms. The first-order valence-corrected chi connectivity index (χ1v) is 29.0. The third-order valence-corrected chi connectivity index (χ3v) is 19.3. The molecular weight excluding hydrogens is 1020 g/mol. The molecule has 19 heteroatoms. The normalized spacial score (nSPS) is 25.7. The second-order valence-corrected chi connectivity index (χ2v) is 24.4. The minimum atomic E-state index is -4.73. The zero-order valence-electron chi connectivity index (χ0n) is 42.5. The summed E-state index contributed by atoms with van der Waals surface area (Å²) in [5.41, 5.74) is 1.61. The highest BCUT2D eigenvalue weighted by molar-refractivity contribution is 7.57. The van der Waals surface area contributed by atoms with Crippen LogP contribution < -0.4 is 14.9 Å². The quantitative estimate of drug-likeness (QED) is 0.0494. The smallest absolute Gasteiger partial charge is 0.465 e. The minimum absolute atomic E-state index is 0.0330. The van der Waals surface area contributed by atoms with Crippen LogP contribution in [0.15, 0.2) is 115 Å². The van der Waals surface area contributed by atoms with Gasteiger partial charge in [0.1, 0.15) is 23.9 Å². The second kappa shape index (κ2) is 22.4. The third kappa shape index (κ3) is 11.8. The number of nitrogens with zero attached hydrogens (tertiary/aromatic N) is 3. The van der Waals surface area contributed by atoms with Crippen LogP contribution in [0.5, 0.6) is 5.75 Å². The summed E-state index contributed by atoms with van der Waals surface area (Å²) in [7, 11) is -2.77. The Kier molecular flexibility index (Phi) is 15.8. The van der Waals surface area contributed by atoms with E-state index in [0.29, 0.717) is 48.7 Å². The summed E-state index contributed by atoms with van der Waals surface area (Å²) in [5, 5.41) is 6.25. The van der Waals surface area contributed by atoms with Gasteiger partial charge in [-0.2, -0.15) is 0 Å². The molecule has 76 heavy (non-hydrogen) atoms. The Hall–Kier alpha value is -5.65. The lowest BCUT2D eigenvalue weighted by atomic mass is 9.85. The summed E-state index contributed by atoms with van der Waals surface area (Å²) >= 11 is 1.13. The van der Waals surface area contributed by atoms with Crippen molar-refractivity contribution in [1.29, 1.82) is 0 Å². The lowest BCUT2D eigenvalue weighted by molar-refractivity contribution is -0.354. The highest BCUT2D eigenvalue weighted by atomic mass is 32.1. The van der Waals surface area contributed by atoms with E-state index in [9.17, 15) is 27.6 Å². The van der Waals surface area contributed by atoms with Crippen LogP contribution in [-0.4, -0.2) is 113 Å². The molecule has 2 N–H and O–H groups in total. The fourth-order valence-electron chi connectivity index (χ4n) is 11.9. The van der Waals surface area contributed by atoms with Gasteiger partial charge in [0.05, 0.1) is 17.6 Å². The van der Waals surface area contributed by atoms with Crippen molar-refractivity contribution < 1.29 is 55.3 Å². The molecule has 2 aliphatic carbocycles. The van der Waals surface area contributed by atoms with Gasteiger partial charge < -0.3 is 29.3 Å². The zero-order chi connectivity index (χ0) is 53.4. The van der Waals surface area contributed by atoms with Crippen molar-refractivity contribution in [3.63, 3.8) is 0 Å². The average molecular weight is 1090 g/mol. The van der Waals surface area contributed by atoms with E-state index in [0.717, 1.165) is 36.2 Å². The molecule has 10 rings (SSSR count). The van der Waals surface area contributed by atoms with Gasteiger partial charge in [0.25, 0.3) is 5.91 Å². The van der Waals surface area contributed by atoms with Gasteiger partial charge in [0.2, 0.25) is 17.7 Å². The molecule has 1 aromatic heterocycles. The number of hydrogen-bond acceptors (Lipinski definition) is 10. The number of hydrogen-bond donors (Lipinski definition) is 2. The zero-order valence-corrected chi connectivity index (χ0v) is 44.3. The van der Waals surface area contributed by atoms with E-state index in [4.69, 9.17) is 9.26 Å². The predicted molar refractivity (Wildman–Crippen MR) is 280 cm³/mol. The molecule has 5 aromatic rings. The Balaban J connectivity index is 0.899. The van der Waals surface area contributed by atoms with Gasteiger partial charge in [-0.05, 0) is 137 Å². The summed E-state index contributed by atoms with van der Waals surface area (Å²) in [5.74, 6) is -3.72. The lowest BCUT2D eigenvalue weighted by Crippen LogP contribution is -2.60. The van der Waals surface area contributed by atoms with Gasteiger partial charge in [0, 0.05) is 40.8 Å². The van der Waals surface area contributed by atoms with Gasteiger partial charge in [-0.1, -0.05) is 91.9 Å². The first kappa shape index (κ1) is 53.7. The average Bonchev–Trinajstić information content (AvgIpc) is 3.68. The number of alkyl halides is 4. The molecule has 5 fully saturated rings. The number of thiophene rings is 1. The number of amides is 3. The number of rotatable bonds is 18. The Bertz CT molecular complexity index is 2930. The first-order valence-electron chi connectivity index (χ1n) is 26.5. The Morgan fingerprint density at radius 2 is 1.58 bits per heavy atom. The van der Waals surface area contributed by atoms with E-state index >= 15 is 13.8 Å². The Morgan fingerprint density at radius 1 is 0.882 bits per heavy atom. The topological polar surface area (TPSA) is 147 Å². The Labute approximate surface area is 444 Å². The number of carbonyl (C=O) groups is 4. The summed E-state index contributed by atoms with van der Waals surface area (Å²) in [6.45, 7) is 2.50. The number of nitrogens with one attached hydrogen (secondary N) is 2. The van der Waals surface area contributed by atoms with Crippen molar-refractivity contribution in [2.24, 2.45) is 0 Å². The SMILES string of the molecule is CCCOC(=O)[C@H](Cc1ccccc1)NP(=O)(Oc1ccccc1)[C@@H](F)c1ccc2sc(C(=O)N[C@H]3CC[C@H](N(C)C4CC(OC(F)(F)F)C4)C[C@H]4CC[C@@H](C(=O)N5C[C@H](c6ccccc6)CC56CC6)N4C3=O)cc2c1. The second-order valence-electron chi connectivity index (χ2n) is 21.2. The van der Waals surface area contributed by atoms with Crippen LogP contribution in [-0.2, 0) is 34.8 Å². The number of halogens is 4. The molecule has 0 radical (unpaired) electrons. The van der Waals surface area contributed by atoms with Gasteiger partial charge in [-0.3, -0.25) is 28.5 Å². The number of carbonyl (C=O) groups excluding carboxylic acids is 4. The monoisotopic (exact) mass is 1090 g/mol. The third-order valence-electron chi connectivity index (χ3n) is 16.1. The number of esters is 1. The summed E-state index contributed by atoms with van der Waals surface area (Å²) in [4.78, 5) is 64.0. The summed E-state index contributed by atoms with van der Waals surface area (Å²) < 4.78 is 88.1. The fourth-order valence-corrected chi connectivity index (χ4v) is 14.8. The molecule has 1 unspecified atom stereocenters. The largest absolute Gasteiger partial charge is 0.522 e. The summed E-state index contributed by atoms with van der Waals surface area (Å²) in [6.07, 6.45) is 0.143. The molecule has 0 bridgehead atoms. The lowest BCUT2D eigenvalue weighted by Gasteiger charge is -2.47. The van der Waals surface area contributed by atoms with Gasteiger partial charge in [-0.25, -0.2) is 9.48 Å². The van der Waals surface area contributed by atoms with Crippen LogP contribution in [0.25, 0.3) is 10.1 Å². The molecule has 5 aliphatic rings. The van der Waals surface area contributed by atoms with E-state index in [2.05, 4.69) is 32.2 Å². The first-order chi connectivity index (χ1) is 36.5. The minimum Gasteiger partial charge on any atom is -0.465 e. The highest BCUT2D eigenvalue weighted by Crippen LogP contribution is 2.58. The number of fused-ring (bicyclic) bond motifs is 2. The molecule has 13 nitrogen and oxygen atoms in total. The van der Waals surface area contributed by atoms with Gasteiger partial charge >= 0.3 is 19.9 Å². The van der Waals surface area contributed by atoms with E-state index < -0.39 is 55.9 Å². The van der Waals surface area contributed by atoms with Crippen LogP contribution >= 0.6 is 18.9 Å². The van der Waals surface area contributed by atoms with Crippen molar-refractivity contribution in [2.45, 2.75) is 150 Å². The summed E-state index contributed by atoms with van der Waals surface area (Å²) in [6, 6.07) is 29.7. The molecule has 2 saturated carbocycles. The molecule has 3 amide bonds. The number of benzene rings is 4. The molecule has 3 saturated heterocycles. The maximum atomic E-state index is 17.3. The van der Waals surface area contributed by atoms with Crippen LogP contribution in [0.1, 0.15) is 116 Å². The van der Waals surface area contributed by atoms with Crippen LogP contribution in [0, 0.1) is 0 Å². The molecule has 404 valence electrons. The molecule has 3 aliphatic heterocycles. The van der Waals surface area contributed by atoms with E-state index in [1.807, 2.05) is 43.1 Å². The predicted octanol–water partition coefficient (Wildman–Crippen LogP) is 10.9. The van der Waals surface area contributed by atoms with Crippen LogP contribution in [0.3, 0.4) is 0 Å². The van der Waals surface area contributed by atoms with Gasteiger partial charge in [0.15, 0.2) is 0 Å². The maximum Gasteiger partial charge on any atom is 0.522 e. The van der Waals surface area contributed by atoms with Crippen LogP contribution in [0.4, 0.5) is 17.6 Å². The maximum absolute atomic E-state index is 17.3. The standard InChI is InChI=1S/C57H64F4N5O8PS/c1-3-27-72-55(70)47(28-36-13-7-4-8-14-36)63-75(71,74-44-17-11-6-12-18-44)51(58)38-19-24-49-39(29-38)30-50(76-49)52(67)62-46-22-20-41(64(2)43-32-45(33-43)73-57(59,60)61)31-42-21-23-48(66(42)53(46)68)54(69)65-35-40(34-56(65)25-26-56)37-15-9-5-10-16-37/h4-19,24,29-30,40-43,45-48,51H,3,20-23,25-28,31-35H2,1-2H3,(H,62,67)(H,63,71)/t40-,41+,42-,43?,45?,46+,47+,48+,51-,75?/m1/s1. The fraction of sp³-hybridized carbons (Fsp3) is 0.474. The number of ether oxygens (including phenoxy) is 2. The molecule has 4 aromatic carbocycles. The Morgan fingerprint density at radius 3 is 2.26 bits per heavy atom. The highest BCUT2D eigenvalue weighted by Gasteiger charge is 2.59. The van der Waals surface area contributed by atoms with E-state index in [1.165, 1.54) is 29.8 Å². The molecule has 4 heterocycles. The van der Waals surface area contributed by atoms with E-state index in [-0.39, 0.29) is 89.9 Å². The van der Waals surface area contributed by atoms with Crippen molar-refractivity contribution in [1.82, 2.24) is 25.1 Å². The molecule has 8 atom stereocenters. The van der Waals surface area contributed by atoms with Gasteiger partial charge in [-0.15, -0.1) is 24.5 Å². The van der Waals surface area contributed by atoms with Crippen molar-refractivity contribution >= 4 is 52.6 Å². The number of para-hydroxylation sites is 1. The van der Waals surface area contributed by atoms with Crippen molar-refractivity contribution in [3.05, 3.63) is 137 Å². The number of likely N-dealkylation sites (tertiary alicyclic amines) is 1. The van der Waals surface area contributed by atoms with Crippen molar-refractivity contribution in [3.8, 4) is 5.75 Å². The molecular formula is C57H64F4N5O8PS.